The fourth-order valence-corrected chi connectivity index (χ4v) is 2.04. The molecule has 0 bridgehead atoms. The molecule has 0 spiro atoms. The highest BCUT2D eigenvalue weighted by atomic mass is 35.5. The first-order valence-corrected chi connectivity index (χ1v) is 6.47. The minimum absolute atomic E-state index is 0.195. The molecule has 0 aliphatic rings. The van der Waals surface area contributed by atoms with Crippen LogP contribution in [0.25, 0.3) is 0 Å². The molecule has 1 atom stereocenters. The smallest absolute Gasteiger partial charge is 0.129 e. The van der Waals surface area contributed by atoms with Gasteiger partial charge in [-0.3, -0.25) is 0 Å². The normalized spacial score (nSPS) is 12.4. The SMILES string of the molecule is CC(NCc1ccc(Cl)cc1F)c1cc(F)ccc1F. The Morgan fingerprint density at radius 3 is 2.50 bits per heavy atom. The van der Waals surface area contributed by atoms with Crippen LogP contribution in [0.4, 0.5) is 13.2 Å². The maximum absolute atomic E-state index is 13.6. The number of hydrogen-bond acceptors (Lipinski definition) is 1. The maximum Gasteiger partial charge on any atom is 0.129 e. The minimum atomic E-state index is -0.507. The standard InChI is InChI=1S/C15H13ClF3N/c1-9(13-7-12(17)4-5-14(13)18)20-8-10-2-3-11(16)6-15(10)19/h2-7,9,20H,8H2,1H3. The number of rotatable bonds is 4. The first-order valence-electron chi connectivity index (χ1n) is 6.09. The Morgan fingerprint density at radius 1 is 1.05 bits per heavy atom. The van der Waals surface area contributed by atoms with E-state index in [1.807, 2.05) is 0 Å². The lowest BCUT2D eigenvalue weighted by molar-refractivity contribution is 0.508. The summed E-state index contributed by atoms with van der Waals surface area (Å²) in [4.78, 5) is 0. The molecule has 0 amide bonds. The van der Waals surface area contributed by atoms with Crippen LogP contribution in [0.3, 0.4) is 0 Å². The average Bonchev–Trinajstić information content (AvgIpc) is 2.40. The van der Waals surface area contributed by atoms with E-state index in [9.17, 15) is 13.2 Å². The van der Waals surface area contributed by atoms with E-state index in [0.717, 1.165) is 18.2 Å². The van der Waals surface area contributed by atoms with Crippen LogP contribution in [-0.2, 0) is 6.54 Å². The molecule has 20 heavy (non-hydrogen) atoms. The third-order valence-electron chi connectivity index (χ3n) is 3.04. The van der Waals surface area contributed by atoms with E-state index >= 15 is 0 Å². The Labute approximate surface area is 120 Å². The fraction of sp³-hybridized carbons (Fsp3) is 0.200. The van der Waals surface area contributed by atoms with Crippen LogP contribution >= 0.6 is 11.6 Å². The average molecular weight is 300 g/mol. The summed E-state index contributed by atoms with van der Waals surface area (Å²) in [7, 11) is 0. The van der Waals surface area contributed by atoms with Crippen molar-refractivity contribution in [3.05, 3.63) is 70.0 Å². The zero-order valence-electron chi connectivity index (χ0n) is 10.8. The molecule has 2 rings (SSSR count). The Bertz CT molecular complexity index is 616. The summed E-state index contributed by atoms with van der Waals surface area (Å²) in [5, 5.41) is 3.27. The van der Waals surface area contributed by atoms with E-state index in [-0.39, 0.29) is 12.1 Å². The second-order valence-corrected chi connectivity index (χ2v) is 4.94. The van der Waals surface area contributed by atoms with Crippen molar-refractivity contribution >= 4 is 11.6 Å². The highest BCUT2D eigenvalue weighted by Crippen LogP contribution is 2.20. The molecule has 2 aromatic rings. The molecule has 5 heteroatoms. The molecule has 1 nitrogen and oxygen atoms in total. The van der Waals surface area contributed by atoms with Crippen molar-refractivity contribution in [1.82, 2.24) is 5.32 Å². The van der Waals surface area contributed by atoms with Crippen molar-refractivity contribution in [3.8, 4) is 0 Å². The molecule has 0 aliphatic carbocycles. The van der Waals surface area contributed by atoms with Crippen molar-refractivity contribution in [2.45, 2.75) is 19.5 Å². The van der Waals surface area contributed by atoms with Crippen LogP contribution in [-0.4, -0.2) is 0 Å². The Hall–Kier alpha value is -1.52. The summed E-state index contributed by atoms with van der Waals surface area (Å²) in [5.41, 5.74) is 0.623. The van der Waals surface area contributed by atoms with Gasteiger partial charge < -0.3 is 5.32 Å². The van der Waals surface area contributed by atoms with E-state index in [1.54, 1.807) is 19.1 Å². The molecule has 0 aromatic heterocycles. The van der Waals surface area contributed by atoms with Gasteiger partial charge in [-0.15, -0.1) is 0 Å². The van der Waals surface area contributed by atoms with Gasteiger partial charge in [0.15, 0.2) is 0 Å². The second kappa shape index (κ2) is 6.29. The fourth-order valence-electron chi connectivity index (χ4n) is 1.88. The molecule has 0 radical (unpaired) electrons. The van der Waals surface area contributed by atoms with Crippen LogP contribution < -0.4 is 5.32 Å². The largest absolute Gasteiger partial charge is 0.306 e. The first kappa shape index (κ1) is 14.9. The Morgan fingerprint density at radius 2 is 1.80 bits per heavy atom. The molecular formula is C15H13ClF3N. The molecule has 1 N–H and O–H groups in total. The van der Waals surface area contributed by atoms with Gasteiger partial charge in [-0.2, -0.15) is 0 Å². The van der Waals surface area contributed by atoms with Gasteiger partial charge >= 0.3 is 0 Å². The zero-order valence-corrected chi connectivity index (χ0v) is 11.5. The monoisotopic (exact) mass is 299 g/mol. The van der Waals surface area contributed by atoms with E-state index in [1.165, 1.54) is 6.07 Å². The number of hydrogen-bond donors (Lipinski definition) is 1. The van der Waals surface area contributed by atoms with E-state index in [2.05, 4.69) is 5.32 Å². The first-order chi connectivity index (χ1) is 9.47. The molecule has 0 fully saturated rings. The predicted octanol–water partition coefficient (Wildman–Crippen LogP) is 4.61. The van der Waals surface area contributed by atoms with E-state index in [0.29, 0.717) is 10.6 Å². The summed E-state index contributed by atoms with van der Waals surface area (Å²) < 4.78 is 40.3. The van der Waals surface area contributed by atoms with Crippen LogP contribution in [0.5, 0.6) is 0 Å². The third-order valence-corrected chi connectivity index (χ3v) is 3.27. The predicted molar refractivity (Wildman–Crippen MR) is 73.0 cm³/mol. The molecule has 2 aromatic carbocycles. The molecule has 1 unspecified atom stereocenters. The summed E-state index contributed by atoms with van der Waals surface area (Å²) in [6.07, 6.45) is 0. The zero-order chi connectivity index (χ0) is 14.7. The van der Waals surface area contributed by atoms with Crippen LogP contribution in [0.1, 0.15) is 24.1 Å². The summed E-state index contributed by atoms with van der Waals surface area (Å²) in [5.74, 6) is -1.44. The van der Waals surface area contributed by atoms with Crippen molar-refractivity contribution in [2.24, 2.45) is 0 Å². The molecule has 0 saturated heterocycles. The summed E-state index contributed by atoms with van der Waals surface area (Å²) >= 11 is 5.66. The van der Waals surface area contributed by atoms with Crippen LogP contribution in [0, 0.1) is 17.5 Å². The molecular weight excluding hydrogens is 287 g/mol. The van der Waals surface area contributed by atoms with E-state index < -0.39 is 23.5 Å². The topological polar surface area (TPSA) is 12.0 Å². The van der Waals surface area contributed by atoms with E-state index in [4.69, 9.17) is 11.6 Å². The Kier molecular flexibility index (Phi) is 4.68. The highest BCUT2D eigenvalue weighted by Gasteiger charge is 2.12. The number of halogens is 4. The van der Waals surface area contributed by atoms with Gasteiger partial charge in [0.05, 0.1) is 0 Å². The third kappa shape index (κ3) is 3.52. The maximum atomic E-state index is 13.6. The van der Waals surface area contributed by atoms with Crippen LogP contribution in [0.15, 0.2) is 36.4 Å². The van der Waals surface area contributed by atoms with Gasteiger partial charge in [-0.25, -0.2) is 13.2 Å². The second-order valence-electron chi connectivity index (χ2n) is 4.50. The van der Waals surface area contributed by atoms with Gasteiger partial charge in [0, 0.05) is 28.7 Å². The number of nitrogens with one attached hydrogen (secondary N) is 1. The lowest BCUT2D eigenvalue weighted by Crippen LogP contribution is -2.20. The van der Waals surface area contributed by atoms with Gasteiger partial charge in [-0.1, -0.05) is 17.7 Å². The molecule has 0 heterocycles. The van der Waals surface area contributed by atoms with Gasteiger partial charge in [0.25, 0.3) is 0 Å². The van der Waals surface area contributed by atoms with Gasteiger partial charge in [0.2, 0.25) is 0 Å². The van der Waals surface area contributed by atoms with Crippen molar-refractivity contribution < 1.29 is 13.2 Å². The minimum Gasteiger partial charge on any atom is -0.306 e. The molecule has 0 aliphatic heterocycles. The van der Waals surface area contributed by atoms with Crippen molar-refractivity contribution in [2.75, 3.05) is 0 Å². The van der Waals surface area contributed by atoms with Gasteiger partial charge in [-0.05, 0) is 37.3 Å². The molecule has 106 valence electrons. The quantitative estimate of drug-likeness (QED) is 0.869. The Balaban J connectivity index is 2.08. The summed E-state index contributed by atoms with van der Waals surface area (Å²) in [6.45, 7) is 1.88. The highest BCUT2D eigenvalue weighted by molar-refractivity contribution is 6.30. The summed E-state index contributed by atoms with van der Waals surface area (Å²) in [6, 6.07) is 7.17. The molecule has 0 saturated carbocycles. The number of benzene rings is 2. The van der Waals surface area contributed by atoms with Crippen molar-refractivity contribution in [3.63, 3.8) is 0 Å². The lowest BCUT2D eigenvalue weighted by atomic mass is 10.1. The van der Waals surface area contributed by atoms with Crippen molar-refractivity contribution in [1.29, 1.82) is 0 Å². The lowest BCUT2D eigenvalue weighted by Gasteiger charge is -2.15. The van der Waals surface area contributed by atoms with Gasteiger partial charge in [0.1, 0.15) is 17.5 Å². The van der Waals surface area contributed by atoms with Crippen LogP contribution in [0.2, 0.25) is 5.02 Å².